The number of rotatable bonds is 16. The second kappa shape index (κ2) is 14.7. The number of primary amides is 2. The highest BCUT2D eigenvalue weighted by molar-refractivity contribution is 5.96. The Morgan fingerprint density at radius 2 is 1.36 bits per heavy atom. The highest BCUT2D eigenvalue weighted by Crippen LogP contribution is 2.04. The van der Waals surface area contributed by atoms with Gasteiger partial charge < -0.3 is 49.1 Å². The van der Waals surface area contributed by atoms with Gasteiger partial charge in [0, 0.05) is 0 Å². The van der Waals surface area contributed by atoms with Crippen LogP contribution in [0.15, 0.2) is 0 Å². The molecule has 5 unspecified atom stereocenters. The van der Waals surface area contributed by atoms with Gasteiger partial charge in [0.2, 0.25) is 29.5 Å². The average molecular weight is 476 g/mol. The number of amides is 5. The van der Waals surface area contributed by atoms with Crippen LogP contribution in [0.25, 0.3) is 0 Å². The fourth-order valence-corrected chi connectivity index (χ4v) is 2.67. The molecule has 0 radical (unpaired) electrons. The van der Waals surface area contributed by atoms with Crippen LogP contribution in [0.5, 0.6) is 0 Å². The van der Waals surface area contributed by atoms with E-state index in [0.29, 0.717) is 19.4 Å². The number of nitrogens with two attached hydrogens (primary N) is 4. The number of nitrogens with one attached hydrogen (secondary N) is 3. The van der Waals surface area contributed by atoms with Crippen LogP contribution in [-0.4, -0.2) is 82.5 Å². The number of hydrogen-bond donors (Lipinski definition) is 9. The first kappa shape index (κ1) is 29.7. The van der Waals surface area contributed by atoms with Gasteiger partial charge in [-0.15, -0.1) is 0 Å². The van der Waals surface area contributed by atoms with Gasteiger partial charge in [0.15, 0.2) is 0 Å². The molecule has 0 rings (SSSR count). The van der Waals surface area contributed by atoms with Crippen molar-refractivity contribution < 1.29 is 39.0 Å². The summed E-state index contributed by atoms with van der Waals surface area (Å²) in [6, 6.07) is -5.93. The van der Waals surface area contributed by atoms with Crippen LogP contribution in [0.3, 0.4) is 0 Å². The first-order valence-corrected chi connectivity index (χ1v) is 10.1. The van der Waals surface area contributed by atoms with Gasteiger partial charge >= 0.3 is 5.97 Å². The van der Waals surface area contributed by atoms with Crippen molar-refractivity contribution in [3.05, 3.63) is 0 Å². The quantitative estimate of drug-likeness (QED) is 0.0958. The minimum Gasteiger partial charge on any atom is -0.480 e. The predicted molar refractivity (Wildman–Crippen MR) is 114 cm³/mol. The molecule has 0 aromatic rings. The minimum absolute atomic E-state index is 0.0552. The first-order chi connectivity index (χ1) is 15.3. The van der Waals surface area contributed by atoms with Gasteiger partial charge in [0.25, 0.3) is 0 Å². The number of aliphatic carboxylic acids is 1. The number of aliphatic hydroxyl groups excluding tert-OH is 1. The van der Waals surface area contributed by atoms with Gasteiger partial charge in [0.1, 0.15) is 18.1 Å². The summed E-state index contributed by atoms with van der Waals surface area (Å²) in [5.74, 6) is -6.25. The van der Waals surface area contributed by atoms with E-state index < -0.39 is 78.6 Å². The molecular formula is C18H33N7O8. The fraction of sp³-hybridized carbons (Fsp3) is 0.667. The van der Waals surface area contributed by atoms with E-state index >= 15 is 0 Å². The lowest BCUT2D eigenvalue weighted by Crippen LogP contribution is -2.60. The summed E-state index contributed by atoms with van der Waals surface area (Å²) in [5, 5.41) is 25.7. The first-order valence-electron chi connectivity index (χ1n) is 10.1. The van der Waals surface area contributed by atoms with E-state index in [1.54, 1.807) is 0 Å². The van der Waals surface area contributed by atoms with Crippen molar-refractivity contribution in [1.82, 2.24) is 16.0 Å². The molecule has 13 N–H and O–H groups in total. The molecule has 188 valence electrons. The molecule has 0 aliphatic carbocycles. The Bertz CT molecular complexity index is 731. The SMILES string of the molecule is CC(O)C(NC(=O)C(N)CC(N)=O)C(=O)NC(CC(N)=O)C(=O)NC(CCCCN)C(=O)O. The van der Waals surface area contributed by atoms with E-state index in [9.17, 15) is 39.0 Å². The summed E-state index contributed by atoms with van der Waals surface area (Å²) in [4.78, 5) is 70.9. The van der Waals surface area contributed by atoms with Crippen LogP contribution >= 0.6 is 0 Å². The molecule has 5 amide bonds. The molecular weight excluding hydrogens is 442 g/mol. The smallest absolute Gasteiger partial charge is 0.326 e. The fourth-order valence-electron chi connectivity index (χ4n) is 2.67. The predicted octanol–water partition coefficient (Wildman–Crippen LogP) is -4.89. The summed E-state index contributed by atoms with van der Waals surface area (Å²) in [6.07, 6.45) is -1.70. The van der Waals surface area contributed by atoms with E-state index in [1.807, 2.05) is 0 Å². The Hall–Kier alpha value is -3.30. The lowest BCUT2D eigenvalue weighted by Gasteiger charge is -2.26. The zero-order valence-electron chi connectivity index (χ0n) is 18.3. The molecule has 0 saturated heterocycles. The van der Waals surface area contributed by atoms with E-state index in [4.69, 9.17) is 22.9 Å². The maximum atomic E-state index is 12.6. The maximum Gasteiger partial charge on any atom is 0.326 e. The minimum atomic E-state index is -1.63. The number of carbonyl (C=O) groups is 6. The highest BCUT2D eigenvalue weighted by atomic mass is 16.4. The van der Waals surface area contributed by atoms with Gasteiger partial charge in [-0.2, -0.15) is 0 Å². The summed E-state index contributed by atoms with van der Waals surface area (Å²) < 4.78 is 0. The molecule has 0 heterocycles. The van der Waals surface area contributed by atoms with Crippen LogP contribution in [0.4, 0.5) is 0 Å². The summed E-state index contributed by atoms with van der Waals surface area (Å²) >= 11 is 0. The Balaban J connectivity index is 5.41. The number of carboxylic acid groups (broad SMARTS) is 1. The number of carboxylic acids is 1. The van der Waals surface area contributed by atoms with Gasteiger partial charge in [-0.25, -0.2) is 4.79 Å². The monoisotopic (exact) mass is 475 g/mol. The van der Waals surface area contributed by atoms with Crippen LogP contribution < -0.4 is 38.9 Å². The molecule has 0 aromatic carbocycles. The topological polar surface area (TPSA) is 283 Å². The normalized spacial score (nSPS) is 15.3. The third kappa shape index (κ3) is 11.8. The van der Waals surface area contributed by atoms with Crippen LogP contribution in [0, 0.1) is 0 Å². The average Bonchev–Trinajstić information content (AvgIpc) is 2.69. The second-order valence-electron chi connectivity index (χ2n) is 7.42. The van der Waals surface area contributed by atoms with E-state index in [2.05, 4.69) is 16.0 Å². The van der Waals surface area contributed by atoms with E-state index in [-0.39, 0.29) is 6.42 Å². The molecule has 0 fully saturated rings. The zero-order valence-corrected chi connectivity index (χ0v) is 18.3. The van der Waals surface area contributed by atoms with Crippen molar-refractivity contribution in [2.24, 2.45) is 22.9 Å². The molecule has 0 aliphatic heterocycles. The number of carbonyl (C=O) groups excluding carboxylic acids is 5. The molecule has 15 nitrogen and oxygen atoms in total. The van der Waals surface area contributed by atoms with Crippen LogP contribution in [0.1, 0.15) is 39.0 Å². The second-order valence-corrected chi connectivity index (χ2v) is 7.42. The van der Waals surface area contributed by atoms with Crippen LogP contribution in [-0.2, 0) is 28.8 Å². The van der Waals surface area contributed by atoms with Gasteiger partial charge in [-0.05, 0) is 32.7 Å². The van der Waals surface area contributed by atoms with Crippen molar-refractivity contribution in [2.45, 2.75) is 69.3 Å². The summed E-state index contributed by atoms with van der Waals surface area (Å²) in [7, 11) is 0. The Labute approximate surface area is 190 Å². The molecule has 0 spiro atoms. The molecule has 0 saturated carbocycles. The highest BCUT2D eigenvalue weighted by Gasteiger charge is 2.33. The van der Waals surface area contributed by atoms with E-state index in [1.165, 1.54) is 0 Å². The number of hydrogen-bond acceptors (Lipinski definition) is 9. The lowest BCUT2D eigenvalue weighted by molar-refractivity contribution is -0.142. The summed E-state index contributed by atoms with van der Waals surface area (Å²) in [5.41, 5.74) is 20.9. The molecule has 0 bridgehead atoms. The Kier molecular flexibility index (Phi) is 13.2. The molecule has 15 heteroatoms. The Morgan fingerprint density at radius 1 is 0.818 bits per heavy atom. The van der Waals surface area contributed by atoms with Crippen molar-refractivity contribution in [3.63, 3.8) is 0 Å². The third-order valence-electron chi connectivity index (χ3n) is 4.42. The maximum absolute atomic E-state index is 12.6. The van der Waals surface area contributed by atoms with Gasteiger partial charge in [-0.3, -0.25) is 24.0 Å². The van der Waals surface area contributed by atoms with Crippen molar-refractivity contribution in [1.29, 1.82) is 0 Å². The number of aliphatic hydroxyl groups is 1. The van der Waals surface area contributed by atoms with Crippen molar-refractivity contribution >= 4 is 35.5 Å². The van der Waals surface area contributed by atoms with Crippen molar-refractivity contribution in [2.75, 3.05) is 6.54 Å². The van der Waals surface area contributed by atoms with Crippen molar-refractivity contribution in [3.8, 4) is 0 Å². The third-order valence-corrected chi connectivity index (χ3v) is 4.42. The molecule has 0 aliphatic rings. The molecule has 33 heavy (non-hydrogen) atoms. The number of unbranched alkanes of at least 4 members (excludes halogenated alkanes) is 1. The molecule has 5 atom stereocenters. The van der Waals surface area contributed by atoms with Crippen LogP contribution in [0.2, 0.25) is 0 Å². The summed E-state index contributed by atoms with van der Waals surface area (Å²) in [6.45, 7) is 1.49. The zero-order chi connectivity index (χ0) is 25.7. The lowest BCUT2D eigenvalue weighted by atomic mass is 10.1. The molecule has 0 aromatic heterocycles. The Morgan fingerprint density at radius 3 is 1.82 bits per heavy atom. The standard InChI is InChI=1S/C18H33N7O8/c1-8(26)14(25-15(29)9(20)6-12(21)27)17(31)24-11(7-13(22)28)16(30)23-10(18(32)33)4-2-3-5-19/h8-11,14,26H,2-7,19-20H2,1H3,(H2,21,27)(H2,22,28)(H,23,30)(H,24,31)(H,25,29)(H,32,33). The largest absolute Gasteiger partial charge is 0.480 e. The van der Waals surface area contributed by atoms with Gasteiger partial charge in [-0.1, -0.05) is 0 Å². The van der Waals surface area contributed by atoms with E-state index in [0.717, 1.165) is 6.92 Å². The van der Waals surface area contributed by atoms with Gasteiger partial charge in [0.05, 0.1) is 25.0 Å².